The maximum absolute atomic E-state index is 11.2. The molecule has 5 rings (SSSR count). The standard InChI is InChI=1S/C20H24N2O2/c1-3-14-10-13-7-9-22(14)19(11-13)20(23)16-6-8-21-18-5-4-15(24-2)12-17(16)18/h3-6,8,12-14,19-20,23H,1,7,9-11H2,2H3/t13-,14-,19-,20+/m0/s1. The number of ether oxygens (including phenoxy) is 1. The Morgan fingerprint density at radius 3 is 3.00 bits per heavy atom. The smallest absolute Gasteiger partial charge is 0.119 e. The first-order chi connectivity index (χ1) is 11.7. The summed E-state index contributed by atoms with van der Waals surface area (Å²) in [4.78, 5) is 6.86. The molecule has 5 atom stereocenters. The first-order valence-corrected chi connectivity index (χ1v) is 8.70. The van der Waals surface area contributed by atoms with E-state index in [4.69, 9.17) is 4.74 Å². The van der Waals surface area contributed by atoms with Gasteiger partial charge in [0.25, 0.3) is 0 Å². The van der Waals surface area contributed by atoms with Crippen LogP contribution in [0.3, 0.4) is 0 Å². The minimum absolute atomic E-state index is 0.150. The Kier molecular flexibility index (Phi) is 4.02. The van der Waals surface area contributed by atoms with Gasteiger partial charge in [0.2, 0.25) is 0 Å². The number of aliphatic hydroxyl groups excluding tert-OH is 1. The van der Waals surface area contributed by atoms with Crippen LogP contribution in [0.4, 0.5) is 0 Å². The fraction of sp³-hybridized carbons (Fsp3) is 0.450. The van der Waals surface area contributed by atoms with Gasteiger partial charge in [-0.15, -0.1) is 6.58 Å². The number of rotatable bonds is 4. The molecule has 2 bridgehead atoms. The van der Waals surface area contributed by atoms with Crippen molar-refractivity contribution in [3.05, 3.63) is 48.7 Å². The van der Waals surface area contributed by atoms with Crippen LogP contribution in [0.1, 0.15) is 30.9 Å². The molecule has 4 heterocycles. The van der Waals surface area contributed by atoms with Gasteiger partial charge in [0.05, 0.1) is 18.7 Å². The van der Waals surface area contributed by atoms with Crippen molar-refractivity contribution in [2.24, 2.45) is 5.92 Å². The Hall–Kier alpha value is -1.91. The first kappa shape index (κ1) is 15.6. The molecule has 3 aliphatic heterocycles. The third-order valence-electron chi connectivity index (χ3n) is 5.73. The number of piperidine rings is 3. The number of hydrogen-bond donors (Lipinski definition) is 1. The second-order valence-corrected chi connectivity index (χ2v) is 6.96. The molecule has 4 heteroatoms. The molecular weight excluding hydrogens is 300 g/mol. The minimum Gasteiger partial charge on any atom is -0.497 e. The van der Waals surface area contributed by atoms with E-state index in [1.165, 1.54) is 12.8 Å². The van der Waals surface area contributed by atoms with Crippen LogP contribution >= 0.6 is 0 Å². The van der Waals surface area contributed by atoms with E-state index in [0.29, 0.717) is 12.0 Å². The Bertz CT molecular complexity index is 760. The summed E-state index contributed by atoms with van der Waals surface area (Å²) in [5.74, 6) is 1.48. The van der Waals surface area contributed by atoms with E-state index in [-0.39, 0.29) is 6.04 Å². The highest BCUT2D eigenvalue weighted by Gasteiger charge is 2.42. The van der Waals surface area contributed by atoms with Crippen LogP contribution in [0.15, 0.2) is 43.1 Å². The predicted molar refractivity (Wildman–Crippen MR) is 95.1 cm³/mol. The summed E-state index contributed by atoms with van der Waals surface area (Å²) in [5.41, 5.74) is 1.84. The van der Waals surface area contributed by atoms with Crippen LogP contribution in [0.2, 0.25) is 0 Å². The highest BCUT2D eigenvalue weighted by molar-refractivity contribution is 5.83. The number of fused-ring (bicyclic) bond motifs is 4. The molecule has 0 aliphatic carbocycles. The van der Waals surface area contributed by atoms with E-state index < -0.39 is 6.10 Å². The summed E-state index contributed by atoms with van der Waals surface area (Å²) in [7, 11) is 1.66. The van der Waals surface area contributed by atoms with Gasteiger partial charge in [-0.3, -0.25) is 9.88 Å². The average Bonchev–Trinajstić information content (AvgIpc) is 2.66. The molecule has 1 aromatic carbocycles. The number of hydrogen-bond acceptors (Lipinski definition) is 4. The van der Waals surface area contributed by atoms with Crippen LogP contribution in [0, 0.1) is 5.92 Å². The maximum Gasteiger partial charge on any atom is 0.119 e. The summed E-state index contributed by atoms with van der Waals surface area (Å²) in [6.45, 7) is 5.04. The molecule has 0 saturated carbocycles. The number of nitrogens with zero attached hydrogens (tertiary/aromatic N) is 2. The van der Waals surface area contributed by atoms with Crippen LogP contribution in [0.5, 0.6) is 5.75 Å². The van der Waals surface area contributed by atoms with E-state index in [1.807, 2.05) is 30.3 Å². The molecule has 0 spiro atoms. The molecule has 1 aromatic heterocycles. The number of pyridine rings is 1. The number of aliphatic hydroxyl groups is 1. The fourth-order valence-corrected chi connectivity index (χ4v) is 4.48. The normalized spacial score (nSPS) is 30.2. The Morgan fingerprint density at radius 2 is 2.25 bits per heavy atom. The van der Waals surface area contributed by atoms with Crippen molar-refractivity contribution >= 4 is 10.9 Å². The van der Waals surface area contributed by atoms with E-state index in [0.717, 1.165) is 35.2 Å². The highest BCUT2D eigenvalue weighted by Crippen LogP contribution is 2.42. The van der Waals surface area contributed by atoms with Gasteiger partial charge in [-0.1, -0.05) is 6.08 Å². The molecule has 1 N–H and O–H groups in total. The zero-order chi connectivity index (χ0) is 16.7. The van der Waals surface area contributed by atoms with Gasteiger partial charge in [-0.2, -0.15) is 0 Å². The molecule has 24 heavy (non-hydrogen) atoms. The van der Waals surface area contributed by atoms with Crippen molar-refractivity contribution in [2.75, 3.05) is 13.7 Å². The lowest BCUT2D eigenvalue weighted by atomic mass is 9.76. The number of methoxy groups -OCH3 is 1. The fourth-order valence-electron chi connectivity index (χ4n) is 4.48. The molecule has 3 saturated heterocycles. The summed E-state index contributed by atoms with van der Waals surface area (Å²) in [6.07, 6.45) is 6.77. The van der Waals surface area contributed by atoms with Crippen molar-refractivity contribution in [2.45, 2.75) is 37.5 Å². The van der Waals surface area contributed by atoms with Gasteiger partial charge in [-0.05, 0) is 61.6 Å². The molecule has 126 valence electrons. The lowest BCUT2D eigenvalue weighted by Crippen LogP contribution is -2.55. The van der Waals surface area contributed by atoms with Crippen molar-refractivity contribution in [1.82, 2.24) is 9.88 Å². The lowest BCUT2D eigenvalue weighted by molar-refractivity contribution is -0.0473. The zero-order valence-corrected chi connectivity index (χ0v) is 14.1. The highest BCUT2D eigenvalue weighted by atomic mass is 16.5. The second kappa shape index (κ2) is 6.19. The van der Waals surface area contributed by atoms with Gasteiger partial charge in [-0.25, -0.2) is 0 Å². The number of benzene rings is 1. The molecule has 0 radical (unpaired) electrons. The van der Waals surface area contributed by atoms with E-state index in [1.54, 1.807) is 13.3 Å². The Labute approximate surface area is 142 Å². The van der Waals surface area contributed by atoms with Crippen LogP contribution in [-0.4, -0.2) is 40.7 Å². The van der Waals surface area contributed by atoms with Crippen LogP contribution in [-0.2, 0) is 0 Å². The minimum atomic E-state index is -0.520. The molecule has 1 unspecified atom stereocenters. The average molecular weight is 324 g/mol. The van der Waals surface area contributed by atoms with Gasteiger partial charge in [0, 0.05) is 23.7 Å². The second-order valence-electron chi connectivity index (χ2n) is 6.96. The molecular formula is C20H24N2O2. The van der Waals surface area contributed by atoms with E-state index in [9.17, 15) is 5.11 Å². The topological polar surface area (TPSA) is 45.6 Å². The third kappa shape index (κ3) is 2.50. The summed E-state index contributed by atoms with van der Waals surface area (Å²) >= 11 is 0. The lowest BCUT2D eigenvalue weighted by Gasteiger charge is -2.51. The Morgan fingerprint density at radius 1 is 1.38 bits per heavy atom. The van der Waals surface area contributed by atoms with E-state index >= 15 is 0 Å². The predicted octanol–water partition coefficient (Wildman–Crippen LogP) is 3.32. The van der Waals surface area contributed by atoms with E-state index in [2.05, 4.69) is 16.5 Å². The van der Waals surface area contributed by atoms with Crippen molar-refractivity contribution in [3.8, 4) is 5.75 Å². The van der Waals surface area contributed by atoms with Gasteiger partial charge < -0.3 is 9.84 Å². The van der Waals surface area contributed by atoms with Crippen LogP contribution in [0.25, 0.3) is 10.9 Å². The van der Waals surface area contributed by atoms with Gasteiger partial charge in [0.15, 0.2) is 0 Å². The van der Waals surface area contributed by atoms with Crippen molar-refractivity contribution in [3.63, 3.8) is 0 Å². The molecule has 0 amide bonds. The number of aromatic nitrogens is 1. The van der Waals surface area contributed by atoms with Gasteiger partial charge in [0.1, 0.15) is 5.75 Å². The SMILES string of the molecule is C=C[C@H]1C[C@@H]2CCN1[C@H]([C@H](O)c1ccnc3ccc(OC)cc13)C2. The van der Waals surface area contributed by atoms with Crippen LogP contribution < -0.4 is 4.74 Å². The summed E-state index contributed by atoms with van der Waals surface area (Å²) in [6, 6.07) is 8.31. The van der Waals surface area contributed by atoms with Crippen molar-refractivity contribution < 1.29 is 9.84 Å². The summed E-state index contributed by atoms with van der Waals surface area (Å²) < 4.78 is 5.35. The van der Waals surface area contributed by atoms with Crippen molar-refractivity contribution in [1.29, 1.82) is 0 Å². The third-order valence-corrected chi connectivity index (χ3v) is 5.73. The maximum atomic E-state index is 11.2. The zero-order valence-electron chi connectivity index (χ0n) is 14.1. The largest absolute Gasteiger partial charge is 0.497 e. The molecule has 4 nitrogen and oxygen atoms in total. The first-order valence-electron chi connectivity index (χ1n) is 8.70. The summed E-state index contributed by atoms with van der Waals surface area (Å²) in [5, 5.41) is 12.2. The molecule has 3 fully saturated rings. The Balaban J connectivity index is 1.73. The molecule has 2 aromatic rings. The molecule has 3 aliphatic rings. The van der Waals surface area contributed by atoms with Gasteiger partial charge >= 0.3 is 0 Å². The monoisotopic (exact) mass is 324 g/mol. The quantitative estimate of drug-likeness (QED) is 0.877.